The molecule has 0 aliphatic carbocycles. The Morgan fingerprint density at radius 1 is 0.962 bits per heavy atom. The van der Waals surface area contributed by atoms with Gasteiger partial charge < -0.3 is 14.8 Å². The Morgan fingerprint density at radius 3 is 2.62 bits per heavy atom. The van der Waals surface area contributed by atoms with Crippen LogP contribution in [0.3, 0.4) is 0 Å². The molecule has 0 radical (unpaired) electrons. The van der Waals surface area contributed by atoms with Crippen molar-refractivity contribution in [1.29, 1.82) is 0 Å². The van der Waals surface area contributed by atoms with Gasteiger partial charge in [-0.25, -0.2) is 0 Å². The van der Waals surface area contributed by atoms with E-state index in [1.807, 2.05) is 30.3 Å². The lowest BCUT2D eigenvalue weighted by molar-refractivity contribution is 0.199. The van der Waals surface area contributed by atoms with Gasteiger partial charge in [0.2, 0.25) is 0 Å². The summed E-state index contributed by atoms with van der Waals surface area (Å²) in [5, 5.41) is 6.86. The molecule has 3 rings (SSSR count). The molecule has 136 valence electrons. The van der Waals surface area contributed by atoms with Crippen LogP contribution in [-0.2, 0) is 17.9 Å². The molecule has 3 aromatic carbocycles. The minimum atomic E-state index is 0.431. The monoisotopic (exact) mass is 389 g/mol. The van der Waals surface area contributed by atoms with Gasteiger partial charge in [0.1, 0.15) is 12.4 Å². The third-order valence-electron chi connectivity index (χ3n) is 4.16. The van der Waals surface area contributed by atoms with Crippen LogP contribution in [0.2, 0.25) is 10.0 Å². The molecule has 0 atom stereocenters. The first-order valence-corrected chi connectivity index (χ1v) is 9.21. The van der Waals surface area contributed by atoms with Crippen molar-refractivity contribution in [2.75, 3.05) is 20.3 Å². The first-order valence-electron chi connectivity index (χ1n) is 8.46. The highest BCUT2D eigenvalue weighted by atomic mass is 35.5. The Bertz CT molecular complexity index is 883. The van der Waals surface area contributed by atoms with E-state index < -0.39 is 0 Å². The van der Waals surface area contributed by atoms with E-state index in [1.165, 1.54) is 10.8 Å². The fourth-order valence-electron chi connectivity index (χ4n) is 2.81. The van der Waals surface area contributed by atoms with E-state index in [1.54, 1.807) is 13.2 Å². The maximum atomic E-state index is 6.11. The molecular weight excluding hydrogens is 369 g/mol. The largest absolute Gasteiger partial charge is 0.489 e. The summed E-state index contributed by atoms with van der Waals surface area (Å²) >= 11 is 12.1. The number of nitrogens with one attached hydrogen (secondary N) is 1. The lowest BCUT2D eigenvalue weighted by Crippen LogP contribution is -2.19. The van der Waals surface area contributed by atoms with Crippen molar-refractivity contribution < 1.29 is 9.47 Å². The van der Waals surface area contributed by atoms with E-state index in [0.29, 0.717) is 29.8 Å². The van der Waals surface area contributed by atoms with Crippen molar-refractivity contribution in [2.24, 2.45) is 0 Å². The summed E-state index contributed by atoms with van der Waals surface area (Å²) in [6.45, 7) is 2.60. The van der Waals surface area contributed by atoms with Gasteiger partial charge in [-0.1, -0.05) is 59.6 Å². The zero-order valence-electron chi connectivity index (χ0n) is 14.6. The van der Waals surface area contributed by atoms with Crippen LogP contribution in [0.4, 0.5) is 0 Å². The van der Waals surface area contributed by atoms with Gasteiger partial charge >= 0.3 is 0 Å². The normalized spacial score (nSPS) is 11.0. The van der Waals surface area contributed by atoms with E-state index in [2.05, 4.69) is 23.5 Å². The van der Waals surface area contributed by atoms with E-state index >= 15 is 0 Å². The molecule has 5 heteroatoms. The van der Waals surface area contributed by atoms with E-state index in [0.717, 1.165) is 23.4 Å². The van der Waals surface area contributed by atoms with Crippen LogP contribution in [0.5, 0.6) is 5.75 Å². The van der Waals surface area contributed by atoms with Crippen molar-refractivity contribution >= 4 is 34.0 Å². The second-order valence-corrected chi connectivity index (χ2v) is 6.78. The molecule has 1 N–H and O–H groups in total. The van der Waals surface area contributed by atoms with Gasteiger partial charge in [-0.2, -0.15) is 0 Å². The zero-order valence-corrected chi connectivity index (χ0v) is 16.1. The summed E-state index contributed by atoms with van der Waals surface area (Å²) in [5.74, 6) is 0.861. The molecule has 0 fully saturated rings. The first kappa shape index (κ1) is 19.0. The highest BCUT2D eigenvalue weighted by Crippen LogP contribution is 2.29. The second kappa shape index (κ2) is 9.24. The Balaban J connectivity index is 1.82. The predicted molar refractivity (Wildman–Crippen MR) is 108 cm³/mol. The third kappa shape index (κ3) is 4.68. The summed E-state index contributed by atoms with van der Waals surface area (Å²) in [6.07, 6.45) is 0. The Morgan fingerprint density at radius 2 is 1.81 bits per heavy atom. The molecule has 0 saturated heterocycles. The molecule has 0 bridgehead atoms. The van der Waals surface area contributed by atoms with Gasteiger partial charge in [-0.05, 0) is 34.5 Å². The van der Waals surface area contributed by atoms with Crippen molar-refractivity contribution in [3.8, 4) is 5.75 Å². The molecule has 0 saturated carbocycles. The highest BCUT2D eigenvalue weighted by Gasteiger charge is 2.09. The first-order chi connectivity index (χ1) is 12.7. The van der Waals surface area contributed by atoms with Gasteiger partial charge in [-0.15, -0.1) is 0 Å². The van der Waals surface area contributed by atoms with Crippen LogP contribution in [0.15, 0.2) is 54.6 Å². The van der Waals surface area contributed by atoms with Crippen LogP contribution < -0.4 is 10.1 Å². The minimum Gasteiger partial charge on any atom is -0.489 e. The fraction of sp³-hybridized carbons (Fsp3) is 0.238. The van der Waals surface area contributed by atoms with Crippen molar-refractivity contribution in [3.05, 3.63) is 75.8 Å². The maximum Gasteiger partial charge on any atom is 0.124 e. The number of rotatable bonds is 8. The zero-order chi connectivity index (χ0) is 18.4. The standard InChI is InChI=1S/C21H21Cl2NO2/c1-25-11-10-24-13-18-17-5-3-2-4-16(17)7-9-21(18)26-14-15-6-8-19(22)20(23)12-15/h2-9,12,24H,10-11,13-14H2,1H3. The maximum absolute atomic E-state index is 6.11. The van der Waals surface area contributed by atoms with Crippen LogP contribution in [0.1, 0.15) is 11.1 Å². The molecule has 3 nitrogen and oxygen atoms in total. The average Bonchev–Trinajstić information content (AvgIpc) is 2.66. The van der Waals surface area contributed by atoms with Gasteiger partial charge in [0, 0.05) is 25.8 Å². The van der Waals surface area contributed by atoms with Crippen LogP contribution in [0, 0.1) is 0 Å². The number of benzene rings is 3. The lowest BCUT2D eigenvalue weighted by atomic mass is 10.0. The summed E-state index contributed by atoms with van der Waals surface area (Å²) in [6, 6.07) is 18.0. The summed E-state index contributed by atoms with van der Waals surface area (Å²) in [7, 11) is 1.70. The molecule has 0 aliphatic rings. The minimum absolute atomic E-state index is 0.431. The molecule has 0 amide bonds. The average molecular weight is 390 g/mol. The number of hydrogen-bond acceptors (Lipinski definition) is 3. The summed E-state index contributed by atoms with van der Waals surface area (Å²) in [5.41, 5.74) is 2.12. The Kier molecular flexibility index (Phi) is 6.75. The topological polar surface area (TPSA) is 30.5 Å². The smallest absolute Gasteiger partial charge is 0.124 e. The molecule has 0 heterocycles. The fourth-order valence-corrected chi connectivity index (χ4v) is 3.13. The number of methoxy groups -OCH3 is 1. The molecule has 0 aliphatic heterocycles. The lowest BCUT2D eigenvalue weighted by Gasteiger charge is -2.15. The number of hydrogen-bond donors (Lipinski definition) is 1. The third-order valence-corrected chi connectivity index (χ3v) is 4.90. The number of ether oxygens (including phenoxy) is 2. The van der Waals surface area contributed by atoms with Crippen LogP contribution >= 0.6 is 23.2 Å². The Hall–Kier alpha value is -1.78. The van der Waals surface area contributed by atoms with E-state index in [-0.39, 0.29) is 0 Å². The molecule has 0 unspecified atom stereocenters. The highest BCUT2D eigenvalue weighted by molar-refractivity contribution is 6.42. The molecule has 3 aromatic rings. The van der Waals surface area contributed by atoms with Crippen molar-refractivity contribution in [1.82, 2.24) is 5.32 Å². The molecule has 0 aromatic heterocycles. The SMILES string of the molecule is COCCNCc1c(OCc2ccc(Cl)c(Cl)c2)ccc2ccccc12. The van der Waals surface area contributed by atoms with E-state index in [9.17, 15) is 0 Å². The van der Waals surface area contributed by atoms with Gasteiger partial charge in [-0.3, -0.25) is 0 Å². The van der Waals surface area contributed by atoms with Crippen molar-refractivity contribution in [2.45, 2.75) is 13.2 Å². The quantitative estimate of drug-likeness (QED) is 0.518. The molecule has 26 heavy (non-hydrogen) atoms. The Labute approximate surface area is 163 Å². The van der Waals surface area contributed by atoms with Gasteiger partial charge in [0.25, 0.3) is 0 Å². The number of halogens is 2. The molecule has 0 spiro atoms. The van der Waals surface area contributed by atoms with E-state index in [4.69, 9.17) is 32.7 Å². The predicted octanol–water partition coefficient (Wildman–Crippen LogP) is 5.46. The molecular formula is C21H21Cl2NO2. The number of fused-ring (bicyclic) bond motifs is 1. The van der Waals surface area contributed by atoms with Gasteiger partial charge in [0.05, 0.1) is 16.7 Å². The van der Waals surface area contributed by atoms with Crippen LogP contribution in [-0.4, -0.2) is 20.3 Å². The van der Waals surface area contributed by atoms with Gasteiger partial charge in [0.15, 0.2) is 0 Å². The second-order valence-electron chi connectivity index (χ2n) is 5.97. The van der Waals surface area contributed by atoms with Crippen LogP contribution in [0.25, 0.3) is 10.8 Å². The summed E-state index contributed by atoms with van der Waals surface area (Å²) in [4.78, 5) is 0. The summed E-state index contributed by atoms with van der Waals surface area (Å²) < 4.78 is 11.2. The van der Waals surface area contributed by atoms with Crippen molar-refractivity contribution in [3.63, 3.8) is 0 Å².